The molecule has 0 fully saturated rings. The van der Waals surface area contributed by atoms with Gasteiger partial charge in [0.05, 0.1) is 5.69 Å². The highest BCUT2D eigenvalue weighted by Crippen LogP contribution is 2.19. The van der Waals surface area contributed by atoms with Crippen LogP contribution in [0.3, 0.4) is 0 Å². The summed E-state index contributed by atoms with van der Waals surface area (Å²) in [7, 11) is 0. The van der Waals surface area contributed by atoms with Crippen LogP contribution in [0.4, 0.5) is 28.0 Å². The molecule has 26 heavy (non-hydrogen) atoms. The molecule has 0 spiro atoms. The maximum atomic E-state index is 13.5. The zero-order valence-electron chi connectivity index (χ0n) is 13.5. The van der Waals surface area contributed by atoms with Crippen molar-refractivity contribution in [3.05, 3.63) is 65.5 Å². The molecule has 0 bridgehead atoms. The number of hydrogen-bond donors (Lipinski definition) is 3. The zero-order valence-corrected chi connectivity index (χ0v) is 13.5. The number of urea groups is 1. The summed E-state index contributed by atoms with van der Waals surface area (Å²) in [6.07, 6.45) is -7.60. The van der Waals surface area contributed by atoms with Crippen molar-refractivity contribution in [3.63, 3.8) is 0 Å². The van der Waals surface area contributed by atoms with Crippen LogP contribution in [0.15, 0.2) is 48.5 Å². The van der Waals surface area contributed by atoms with Crippen LogP contribution in [-0.4, -0.2) is 24.3 Å². The van der Waals surface area contributed by atoms with E-state index in [-0.39, 0.29) is 11.3 Å². The molecule has 0 aliphatic rings. The molecule has 2 aromatic rings. The molecule has 2 rings (SSSR count). The zero-order chi connectivity index (χ0) is 19.3. The number of para-hydroxylation sites is 1. The molecule has 2 aromatic carbocycles. The third kappa shape index (κ3) is 5.20. The van der Waals surface area contributed by atoms with Gasteiger partial charge in [0.2, 0.25) is 6.17 Å². The molecule has 0 radical (unpaired) electrons. The van der Waals surface area contributed by atoms with Gasteiger partial charge in [-0.2, -0.15) is 13.2 Å². The molecule has 3 amide bonds. The average Bonchev–Trinajstić information content (AvgIpc) is 2.56. The highest BCUT2D eigenvalue weighted by atomic mass is 19.4. The van der Waals surface area contributed by atoms with Gasteiger partial charge in [0.1, 0.15) is 5.82 Å². The van der Waals surface area contributed by atoms with Gasteiger partial charge in [-0.3, -0.25) is 4.79 Å². The molecular formula is C17H15F4N3O2. The molecule has 5 nitrogen and oxygen atoms in total. The predicted octanol–water partition coefficient (Wildman–Crippen LogP) is 3.57. The van der Waals surface area contributed by atoms with Gasteiger partial charge in [-0.25, -0.2) is 9.18 Å². The first kappa shape index (κ1) is 19.2. The van der Waals surface area contributed by atoms with Crippen molar-refractivity contribution in [1.82, 2.24) is 10.6 Å². The van der Waals surface area contributed by atoms with E-state index in [0.29, 0.717) is 0 Å². The summed E-state index contributed by atoms with van der Waals surface area (Å²) in [6.45, 7) is 1.76. The summed E-state index contributed by atoms with van der Waals surface area (Å²) in [5.74, 6) is -1.83. The molecular weight excluding hydrogens is 354 g/mol. The Kier molecular flexibility index (Phi) is 5.81. The quantitative estimate of drug-likeness (QED) is 0.570. The lowest BCUT2D eigenvalue weighted by atomic mass is 10.1. The summed E-state index contributed by atoms with van der Waals surface area (Å²) in [5.41, 5.74) is 0.535. The molecule has 0 unspecified atom stereocenters. The Balaban J connectivity index is 2.07. The monoisotopic (exact) mass is 369 g/mol. The largest absolute Gasteiger partial charge is 0.427 e. The summed E-state index contributed by atoms with van der Waals surface area (Å²) >= 11 is 0. The third-order valence-electron chi connectivity index (χ3n) is 3.31. The van der Waals surface area contributed by atoms with Gasteiger partial charge < -0.3 is 16.0 Å². The molecule has 0 heterocycles. The number of rotatable bonds is 4. The Hall–Kier alpha value is -3.10. The lowest BCUT2D eigenvalue weighted by Crippen LogP contribution is -2.57. The molecule has 3 N–H and O–H groups in total. The average molecular weight is 369 g/mol. The number of anilines is 1. The van der Waals surface area contributed by atoms with Crippen molar-refractivity contribution in [3.8, 4) is 0 Å². The molecule has 138 valence electrons. The highest BCUT2D eigenvalue weighted by Gasteiger charge is 2.42. The molecule has 0 saturated heterocycles. The summed E-state index contributed by atoms with van der Waals surface area (Å²) < 4.78 is 52.8. The van der Waals surface area contributed by atoms with Gasteiger partial charge >= 0.3 is 12.2 Å². The number of alkyl halides is 3. The van der Waals surface area contributed by atoms with Gasteiger partial charge in [0.25, 0.3) is 5.91 Å². The van der Waals surface area contributed by atoms with E-state index in [1.54, 1.807) is 29.7 Å². The number of carbonyl (C=O) groups excluding carboxylic acids is 2. The van der Waals surface area contributed by atoms with E-state index in [2.05, 4.69) is 0 Å². The fraction of sp³-hybridized carbons (Fsp3) is 0.176. The molecule has 0 aliphatic heterocycles. The molecule has 0 aromatic heterocycles. The second-order valence-electron chi connectivity index (χ2n) is 5.39. The van der Waals surface area contributed by atoms with Crippen molar-refractivity contribution in [2.75, 3.05) is 5.32 Å². The van der Waals surface area contributed by atoms with Gasteiger partial charge in [0, 0.05) is 5.56 Å². The minimum absolute atomic E-state index is 0.00108. The van der Waals surface area contributed by atoms with Crippen molar-refractivity contribution >= 4 is 17.6 Å². The Bertz CT molecular complexity index is 791. The number of carbonyl (C=O) groups is 2. The first-order valence-electron chi connectivity index (χ1n) is 7.43. The van der Waals surface area contributed by atoms with Crippen LogP contribution in [-0.2, 0) is 0 Å². The molecule has 0 aliphatic carbocycles. The smallest absolute Gasteiger partial charge is 0.324 e. The molecule has 9 heteroatoms. The van der Waals surface area contributed by atoms with E-state index in [1.165, 1.54) is 30.3 Å². The predicted molar refractivity (Wildman–Crippen MR) is 87.0 cm³/mol. The second-order valence-corrected chi connectivity index (χ2v) is 5.39. The number of amides is 3. The van der Waals surface area contributed by atoms with Crippen LogP contribution in [0, 0.1) is 12.7 Å². The number of halogens is 4. The first-order chi connectivity index (χ1) is 12.2. The summed E-state index contributed by atoms with van der Waals surface area (Å²) in [4.78, 5) is 23.7. The van der Waals surface area contributed by atoms with Crippen molar-refractivity contribution < 1.29 is 27.2 Å². The topological polar surface area (TPSA) is 70.2 Å². The Labute approximate surface area is 146 Å². The minimum atomic E-state index is -4.95. The number of nitrogens with one attached hydrogen (secondary N) is 3. The van der Waals surface area contributed by atoms with E-state index in [1.807, 2.05) is 5.32 Å². The van der Waals surface area contributed by atoms with Crippen LogP contribution >= 0.6 is 0 Å². The van der Waals surface area contributed by atoms with Crippen LogP contribution in [0.2, 0.25) is 0 Å². The lowest BCUT2D eigenvalue weighted by Gasteiger charge is -2.23. The Morgan fingerprint density at radius 3 is 2.15 bits per heavy atom. The summed E-state index contributed by atoms with van der Waals surface area (Å²) in [6, 6.07) is 9.51. The van der Waals surface area contributed by atoms with Crippen LogP contribution in [0.1, 0.15) is 15.9 Å². The van der Waals surface area contributed by atoms with Crippen LogP contribution in [0.25, 0.3) is 0 Å². The van der Waals surface area contributed by atoms with E-state index in [4.69, 9.17) is 0 Å². The third-order valence-corrected chi connectivity index (χ3v) is 3.31. The van der Waals surface area contributed by atoms with E-state index < -0.39 is 30.1 Å². The van der Waals surface area contributed by atoms with Crippen molar-refractivity contribution in [1.29, 1.82) is 0 Å². The van der Waals surface area contributed by atoms with Gasteiger partial charge in [-0.05, 0) is 31.2 Å². The van der Waals surface area contributed by atoms with Crippen LogP contribution < -0.4 is 16.0 Å². The van der Waals surface area contributed by atoms with E-state index >= 15 is 0 Å². The minimum Gasteiger partial charge on any atom is -0.324 e. The maximum absolute atomic E-state index is 13.5. The maximum Gasteiger partial charge on any atom is 0.427 e. The standard InChI is InChI=1S/C17H15F4N3O2/c1-10-6-8-11(9-7-10)14(25)23-15(17(19,20)21)24-16(26)22-13-5-3-2-4-12(13)18/h2-9,15H,1H3,(H,23,25)(H2,22,24,26)/t15-/m1/s1. The number of aryl methyl sites for hydroxylation is 1. The number of benzene rings is 2. The van der Waals surface area contributed by atoms with Gasteiger partial charge in [-0.15, -0.1) is 0 Å². The van der Waals surface area contributed by atoms with Crippen molar-refractivity contribution in [2.24, 2.45) is 0 Å². The van der Waals surface area contributed by atoms with E-state index in [9.17, 15) is 27.2 Å². The summed E-state index contributed by atoms with van der Waals surface area (Å²) in [5, 5.41) is 5.22. The fourth-order valence-corrected chi connectivity index (χ4v) is 1.97. The van der Waals surface area contributed by atoms with Gasteiger partial charge in [0.15, 0.2) is 0 Å². The normalized spacial score (nSPS) is 12.2. The van der Waals surface area contributed by atoms with Crippen LogP contribution in [0.5, 0.6) is 0 Å². The number of hydrogen-bond acceptors (Lipinski definition) is 2. The SMILES string of the molecule is Cc1ccc(C(=O)N[C@H](NC(=O)Nc2ccccc2F)C(F)(F)F)cc1. The van der Waals surface area contributed by atoms with Crippen molar-refractivity contribution in [2.45, 2.75) is 19.3 Å². The second kappa shape index (κ2) is 7.85. The molecule has 0 saturated carbocycles. The first-order valence-corrected chi connectivity index (χ1v) is 7.43. The Morgan fingerprint density at radius 2 is 1.58 bits per heavy atom. The molecule has 1 atom stereocenters. The Morgan fingerprint density at radius 1 is 0.962 bits per heavy atom. The highest BCUT2D eigenvalue weighted by molar-refractivity contribution is 5.95. The van der Waals surface area contributed by atoms with E-state index in [0.717, 1.165) is 11.6 Å². The lowest BCUT2D eigenvalue weighted by molar-refractivity contribution is -0.157. The van der Waals surface area contributed by atoms with Gasteiger partial charge in [-0.1, -0.05) is 29.8 Å². The fourth-order valence-electron chi connectivity index (χ4n) is 1.97.